The quantitative estimate of drug-likeness (QED) is 0.579. The van der Waals surface area contributed by atoms with Crippen LogP contribution in [0.4, 0.5) is 0 Å². The van der Waals surface area contributed by atoms with Crippen LogP contribution < -0.4 is 15.4 Å². The predicted molar refractivity (Wildman–Crippen MR) is 102 cm³/mol. The first-order chi connectivity index (χ1) is 12.1. The van der Waals surface area contributed by atoms with Crippen LogP contribution in [0.5, 0.6) is 5.75 Å². The van der Waals surface area contributed by atoms with Gasteiger partial charge < -0.3 is 20.1 Å². The zero-order valence-corrected chi connectivity index (χ0v) is 16.0. The highest BCUT2D eigenvalue weighted by Crippen LogP contribution is 2.19. The lowest BCUT2D eigenvalue weighted by molar-refractivity contribution is 0.0320. The lowest BCUT2D eigenvalue weighted by atomic mass is 10.1. The third kappa shape index (κ3) is 6.55. The molecular formula is C19H32N4O2. The van der Waals surface area contributed by atoms with E-state index in [2.05, 4.69) is 52.6 Å². The highest BCUT2D eigenvalue weighted by atomic mass is 16.5. The molecule has 1 unspecified atom stereocenters. The van der Waals surface area contributed by atoms with Crippen molar-refractivity contribution >= 4 is 5.96 Å². The van der Waals surface area contributed by atoms with E-state index in [4.69, 9.17) is 9.47 Å². The van der Waals surface area contributed by atoms with Gasteiger partial charge in [-0.25, -0.2) is 0 Å². The smallest absolute Gasteiger partial charge is 0.191 e. The number of rotatable bonds is 7. The van der Waals surface area contributed by atoms with Crippen molar-refractivity contribution in [2.24, 2.45) is 10.9 Å². The molecule has 0 saturated carbocycles. The fourth-order valence-electron chi connectivity index (χ4n) is 2.96. The number of nitrogens with zero attached hydrogens (tertiary/aromatic N) is 2. The summed E-state index contributed by atoms with van der Waals surface area (Å²) in [4.78, 5) is 6.78. The molecule has 0 aromatic heterocycles. The average Bonchev–Trinajstić information content (AvgIpc) is 2.63. The van der Waals surface area contributed by atoms with Crippen LogP contribution in [0.1, 0.15) is 18.1 Å². The van der Waals surface area contributed by atoms with Crippen molar-refractivity contribution in [3.63, 3.8) is 0 Å². The molecule has 1 aromatic carbocycles. The van der Waals surface area contributed by atoms with Crippen LogP contribution in [0.3, 0.4) is 0 Å². The van der Waals surface area contributed by atoms with Crippen molar-refractivity contribution < 1.29 is 9.47 Å². The first-order valence-corrected chi connectivity index (χ1v) is 9.00. The van der Waals surface area contributed by atoms with Gasteiger partial charge in [-0.05, 0) is 24.5 Å². The Morgan fingerprint density at radius 2 is 2.08 bits per heavy atom. The monoisotopic (exact) mass is 348 g/mol. The fraction of sp³-hybridized carbons (Fsp3) is 0.632. The van der Waals surface area contributed by atoms with Crippen LogP contribution >= 0.6 is 0 Å². The Kier molecular flexibility index (Phi) is 8.01. The molecule has 2 N–H and O–H groups in total. The number of benzene rings is 1. The summed E-state index contributed by atoms with van der Waals surface area (Å²) in [5.41, 5.74) is 2.32. The minimum absolute atomic E-state index is 0.547. The summed E-state index contributed by atoms with van der Waals surface area (Å²) in [7, 11) is 3.51. The number of methoxy groups -OCH3 is 1. The van der Waals surface area contributed by atoms with Crippen molar-refractivity contribution in [2.45, 2.75) is 20.4 Å². The number of ether oxygens (including phenoxy) is 2. The van der Waals surface area contributed by atoms with E-state index in [1.165, 1.54) is 5.56 Å². The Labute approximate surface area is 151 Å². The van der Waals surface area contributed by atoms with Crippen LogP contribution in [-0.2, 0) is 11.3 Å². The second-order valence-electron chi connectivity index (χ2n) is 6.64. The molecule has 140 valence electrons. The minimum atomic E-state index is 0.547. The average molecular weight is 348 g/mol. The summed E-state index contributed by atoms with van der Waals surface area (Å²) in [6, 6.07) is 6.24. The first-order valence-electron chi connectivity index (χ1n) is 9.00. The zero-order valence-electron chi connectivity index (χ0n) is 16.0. The Bertz CT molecular complexity index is 556. The van der Waals surface area contributed by atoms with E-state index in [1.807, 2.05) is 0 Å². The summed E-state index contributed by atoms with van der Waals surface area (Å²) in [5, 5.41) is 6.78. The van der Waals surface area contributed by atoms with Gasteiger partial charge in [-0.3, -0.25) is 9.89 Å². The summed E-state index contributed by atoms with van der Waals surface area (Å²) >= 11 is 0. The van der Waals surface area contributed by atoms with Crippen molar-refractivity contribution in [2.75, 3.05) is 53.6 Å². The third-order valence-electron chi connectivity index (χ3n) is 4.40. The molecule has 0 bridgehead atoms. The summed E-state index contributed by atoms with van der Waals surface area (Å²) in [6.07, 6.45) is 0. The molecule has 1 aromatic rings. The van der Waals surface area contributed by atoms with Gasteiger partial charge in [0.25, 0.3) is 0 Å². The van der Waals surface area contributed by atoms with E-state index < -0.39 is 0 Å². The van der Waals surface area contributed by atoms with Gasteiger partial charge >= 0.3 is 0 Å². The standard InChI is InChI=1S/C19H32N4O2/c1-15-5-6-17(18(11-15)24-4)13-22-19(20-3)21-12-16(2)14-23-7-9-25-10-8-23/h5-6,11,16H,7-10,12-14H2,1-4H3,(H2,20,21,22). The molecule has 1 aliphatic heterocycles. The number of aliphatic imine (C=N–C) groups is 1. The Morgan fingerprint density at radius 1 is 1.32 bits per heavy atom. The van der Waals surface area contributed by atoms with E-state index in [0.717, 1.165) is 56.7 Å². The van der Waals surface area contributed by atoms with E-state index in [9.17, 15) is 0 Å². The molecule has 1 saturated heterocycles. The SMILES string of the molecule is CN=C(NCc1ccc(C)cc1OC)NCC(C)CN1CCOCC1. The lowest BCUT2D eigenvalue weighted by Crippen LogP contribution is -2.43. The van der Waals surface area contributed by atoms with E-state index in [0.29, 0.717) is 12.5 Å². The highest BCUT2D eigenvalue weighted by Gasteiger charge is 2.14. The molecule has 0 aliphatic carbocycles. The first kappa shape index (κ1) is 19.5. The maximum Gasteiger partial charge on any atom is 0.191 e. The summed E-state index contributed by atoms with van der Waals surface area (Å²) in [5.74, 6) is 2.27. The molecule has 0 spiro atoms. The third-order valence-corrected chi connectivity index (χ3v) is 4.40. The second-order valence-corrected chi connectivity index (χ2v) is 6.64. The zero-order chi connectivity index (χ0) is 18.1. The molecule has 2 rings (SSSR count). The molecule has 6 heteroatoms. The molecule has 0 amide bonds. The molecular weight excluding hydrogens is 316 g/mol. The molecule has 1 fully saturated rings. The van der Waals surface area contributed by atoms with Gasteiger partial charge in [-0.2, -0.15) is 0 Å². The Morgan fingerprint density at radius 3 is 2.76 bits per heavy atom. The van der Waals surface area contributed by atoms with E-state index >= 15 is 0 Å². The molecule has 0 radical (unpaired) electrons. The highest BCUT2D eigenvalue weighted by molar-refractivity contribution is 5.79. The van der Waals surface area contributed by atoms with Gasteiger partial charge in [-0.1, -0.05) is 19.1 Å². The van der Waals surface area contributed by atoms with Crippen molar-refractivity contribution in [3.8, 4) is 5.75 Å². The van der Waals surface area contributed by atoms with Crippen LogP contribution in [0.25, 0.3) is 0 Å². The number of morpholine rings is 1. The number of hydrogen-bond acceptors (Lipinski definition) is 4. The predicted octanol–water partition coefficient (Wildman–Crippen LogP) is 1.64. The largest absolute Gasteiger partial charge is 0.496 e. The van der Waals surface area contributed by atoms with Crippen molar-refractivity contribution in [3.05, 3.63) is 29.3 Å². The van der Waals surface area contributed by atoms with Crippen LogP contribution in [-0.4, -0.2) is 64.4 Å². The van der Waals surface area contributed by atoms with Gasteiger partial charge in [0.2, 0.25) is 0 Å². The number of hydrogen-bond donors (Lipinski definition) is 2. The molecule has 1 heterocycles. The summed E-state index contributed by atoms with van der Waals surface area (Å²) in [6.45, 7) is 10.7. The minimum Gasteiger partial charge on any atom is -0.496 e. The Hall–Kier alpha value is -1.79. The number of aryl methyl sites for hydroxylation is 1. The van der Waals surface area contributed by atoms with Crippen LogP contribution in [0.15, 0.2) is 23.2 Å². The number of nitrogens with one attached hydrogen (secondary N) is 2. The fourth-order valence-corrected chi connectivity index (χ4v) is 2.96. The van der Waals surface area contributed by atoms with Crippen molar-refractivity contribution in [1.82, 2.24) is 15.5 Å². The summed E-state index contributed by atoms with van der Waals surface area (Å²) < 4.78 is 10.9. The number of guanidine groups is 1. The van der Waals surface area contributed by atoms with Crippen molar-refractivity contribution in [1.29, 1.82) is 0 Å². The molecule has 1 atom stereocenters. The topological polar surface area (TPSA) is 58.1 Å². The van der Waals surface area contributed by atoms with Crippen LogP contribution in [0.2, 0.25) is 0 Å². The molecule has 1 aliphatic rings. The van der Waals surface area contributed by atoms with E-state index in [1.54, 1.807) is 14.2 Å². The Balaban J connectivity index is 1.76. The van der Waals surface area contributed by atoms with Gasteiger partial charge in [-0.15, -0.1) is 0 Å². The van der Waals surface area contributed by atoms with Gasteiger partial charge in [0.1, 0.15) is 5.75 Å². The van der Waals surface area contributed by atoms with Crippen LogP contribution in [0, 0.1) is 12.8 Å². The maximum absolute atomic E-state index is 5.46. The maximum atomic E-state index is 5.46. The second kappa shape index (κ2) is 10.3. The normalized spacial score (nSPS) is 17.2. The molecule has 25 heavy (non-hydrogen) atoms. The van der Waals surface area contributed by atoms with Gasteiger partial charge in [0.15, 0.2) is 5.96 Å². The van der Waals surface area contributed by atoms with E-state index in [-0.39, 0.29) is 0 Å². The lowest BCUT2D eigenvalue weighted by Gasteiger charge is -2.29. The van der Waals surface area contributed by atoms with Gasteiger partial charge in [0, 0.05) is 45.3 Å². The van der Waals surface area contributed by atoms with Gasteiger partial charge in [0.05, 0.1) is 20.3 Å². The molecule has 6 nitrogen and oxygen atoms in total.